The highest BCUT2D eigenvalue weighted by atomic mass is 79.9. The van der Waals surface area contributed by atoms with Crippen molar-refractivity contribution in [3.8, 4) is 5.75 Å². The first-order valence-electron chi connectivity index (χ1n) is 12.6. The molecule has 1 heterocycles. The number of hydrogen-bond donors (Lipinski definition) is 1. The molecule has 0 radical (unpaired) electrons. The summed E-state index contributed by atoms with van der Waals surface area (Å²) in [4.78, 5) is 40.2. The quantitative estimate of drug-likeness (QED) is 0.334. The number of aliphatic carboxylic acids is 1. The zero-order chi connectivity index (χ0) is 27.0. The number of carboxylic acids is 1. The Balaban J connectivity index is 1.56. The standard InChI is InChI=1S/C29H26Br2ClNO5/c30-19-13-17(14-20(31)29(19)38-15-16-7-9-18(32)10-8-16)26-27-21(3-1-5-23(27)34)33(12-11-25(36)37)22-4-2-6-24(35)28(22)26/h7-10,13-14,26H,1-6,11-12,15H2,(H,36,37). The van der Waals surface area contributed by atoms with E-state index in [1.54, 1.807) is 0 Å². The predicted molar refractivity (Wildman–Crippen MR) is 151 cm³/mol. The van der Waals surface area contributed by atoms with E-state index in [0.29, 0.717) is 63.2 Å². The fourth-order valence-electron chi connectivity index (χ4n) is 5.65. The van der Waals surface area contributed by atoms with Gasteiger partial charge < -0.3 is 14.7 Å². The molecule has 38 heavy (non-hydrogen) atoms. The van der Waals surface area contributed by atoms with E-state index >= 15 is 0 Å². The van der Waals surface area contributed by atoms with Crippen molar-refractivity contribution in [1.82, 2.24) is 4.90 Å². The molecule has 0 saturated carbocycles. The fourth-order valence-corrected chi connectivity index (χ4v) is 7.22. The summed E-state index contributed by atoms with van der Waals surface area (Å²) in [5, 5.41) is 10.0. The Hall–Kier alpha value is -2.42. The van der Waals surface area contributed by atoms with Crippen LogP contribution in [0.3, 0.4) is 0 Å². The molecule has 0 fully saturated rings. The molecule has 198 valence electrons. The Labute approximate surface area is 242 Å². The van der Waals surface area contributed by atoms with Crippen molar-refractivity contribution >= 4 is 61.0 Å². The van der Waals surface area contributed by atoms with E-state index in [9.17, 15) is 19.5 Å². The van der Waals surface area contributed by atoms with Gasteiger partial charge in [0.05, 0.1) is 15.4 Å². The number of Topliss-reactive ketones (excluding diaryl/α,β-unsaturated/α-hetero) is 2. The van der Waals surface area contributed by atoms with Gasteiger partial charge in [0.25, 0.3) is 0 Å². The lowest BCUT2D eigenvalue weighted by molar-refractivity contribution is -0.137. The third-order valence-electron chi connectivity index (χ3n) is 7.29. The Bertz CT molecular complexity index is 1310. The molecule has 0 amide bonds. The van der Waals surface area contributed by atoms with Crippen LogP contribution in [0, 0.1) is 0 Å². The van der Waals surface area contributed by atoms with E-state index in [-0.39, 0.29) is 24.5 Å². The topological polar surface area (TPSA) is 83.9 Å². The summed E-state index contributed by atoms with van der Waals surface area (Å²) >= 11 is 13.3. The second-order valence-corrected chi connectivity index (χ2v) is 11.9. The van der Waals surface area contributed by atoms with Crippen molar-refractivity contribution in [1.29, 1.82) is 0 Å². The van der Waals surface area contributed by atoms with Gasteiger partial charge in [-0.25, -0.2) is 0 Å². The zero-order valence-corrected chi connectivity index (χ0v) is 24.5. The molecule has 2 aromatic carbocycles. The molecule has 5 rings (SSSR count). The van der Waals surface area contributed by atoms with Crippen LogP contribution in [0.4, 0.5) is 0 Å². The number of halogens is 3. The summed E-state index contributed by atoms with van der Waals surface area (Å²) in [6.07, 6.45) is 3.59. The molecule has 3 aliphatic rings. The maximum Gasteiger partial charge on any atom is 0.305 e. The molecule has 0 bridgehead atoms. The molecular formula is C29H26Br2ClNO5. The van der Waals surface area contributed by atoms with Gasteiger partial charge in [-0.1, -0.05) is 23.7 Å². The van der Waals surface area contributed by atoms with Crippen molar-refractivity contribution in [3.05, 3.63) is 84.0 Å². The monoisotopic (exact) mass is 661 g/mol. The average molecular weight is 664 g/mol. The van der Waals surface area contributed by atoms with E-state index in [0.717, 1.165) is 35.4 Å². The number of ether oxygens (including phenoxy) is 1. The third-order valence-corrected chi connectivity index (χ3v) is 8.72. The normalized spacial score (nSPS) is 18.0. The van der Waals surface area contributed by atoms with Crippen LogP contribution in [0.15, 0.2) is 67.9 Å². The lowest BCUT2D eigenvalue weighted by atomic mass is 9.71. The minimum absolute atomic E-state index is 0.0248. The lowest BCUT2D eigenvalue weighted by Gasteiger charge is -2.44. The maximum atomic E-state index is 13.4. The Kier molecular flexibility index (Phi) is 8.12. The SMILES string of the molecule is O=C(O)CCN1C2=C(C(=O)CCC2)C(c2cc(Br)c(OCc3ccc(Cl)cc3)c(Br)c2)C2=C1CCCC2=O. The minimum atomic E-state index is -0.900. The van der Waals surface area contributed by atoms with Crippen molar-refractivity contribution in [2.45, 2.75) is 57.5 Å². The van der Waals surface area contributed by atoms with Gasteiger partial charge in [0.15, 0.2) is 11.6 Å². The number of hydrogen-bond acceptors (Lipinski definition) is 5. The molecule has 9 heteroatoms. The molecule has 0 spiro atoms. The summed E-state index contributed by atoms with van der Waals surface area (Å²) in [5.74, 6) is -0.716. The van der Waals surface area contributed by atoms with Crippen LogP contribution < -0.4 is 4.74 Å². The molecule has 0 unspecified atom stereocenters. The largest absolute Gasteiger partial charge is 0.487 e. The number of nitrogens with zero attached hydrogens (tertiary/aromatic N) is 1. The van der Waals surface area contributed by atoms with E-state index in [2.05, 4.69) is 31.9 Å². The van der Waals surface area contributed by atoms with Crippen LogP contribution in [-0.4, -0.2) is 34.1 Å². The minimum Gasteiger partial charge on any atom is -0.487 e. The van der Waals surface area contributed by atoms with Gasteiger partial charge in [-0.2, -0.15) is 0 Å². The number of benzene rings is 2. The van der Waals surface area contributed by atoms with Gasteiger partial charge in [-0.15, -0.1) is 0 Å². The highest BCUT2D eigenvalue weighted by molar-refractivity contribution is 9.11. The summed E-state index contributed by atoms with van der Waals surface area (Å²) < 4.78 is 7.52. The molecular weight excluding hydrogens is 638 g/mol. The highest BCUT2D eigenvalue weighted by Crippen LogP contribution is 2.50. The molecule has 1 aliphatic heterocycles. The van der Waals surface area contributed by atoms with Gasteiger partial charge in [0.2, 0.25) is 0 Å². The van der Waals surface area contributed by atoms with Gasteiger partial charge >= 0.3 is 5.97 Å². The maximum absolute atomic E-state index is 13.4. The molecule has 0 aromatic heterocycles. The molecule has 6 nitrogen and oxygen atoms in total. The average Bonchev–Trinajstić information content (AvgIpc) is 2.87. The predicted octanol–water partition coefficient (Wildman–Crippen LogP) is 7.33. The van der Waals surface area contributed by atoms with Gasteiger partial charge in [-0.05, 0) is 92.9 Å². The smallest absolute Gasteiger partial charge is 0.305 e. The van der Waals surface area contributed by atoms with Crippen molar-refractivity contribution in [3.63, 3.8) is 0 Å². The number of carbonyl (C=O) groups is 3. The second-order valence-electron chi connectivity index (χ2n) is 9.73. The van der Waals surface area contributed by atoms with Crippen molar-refractivity contribution in [2.75, 3.05) is 6.54 Å². The van der Waals surface area contributed by atoms with Crippen molar-refractivity contribution < 1.29 is 24.2 Å². The first-order valence-corrected chi connectivity index (χ1v) is 14.6. The van der Waals surface area contributed by atoms with Crippen LogP contribution >= 0.6 is 43.5 Å². The van der Waals surface area contributed by atoms with Crippen LogP contribution in [-0.2, 0) is 21.0 Å². The number of allylic oxidation sites excluding steroid dienone is 4. The third kappa shape index (κ3) is 5.36. The lowest BCUT2D eigenvalue weighted by Crippen LogP contribution is -2.39. The molecule has 1 N–H and O–H groups in total. The van der Waals surface area contributed by atoms with Gasteiger partial charge in [0.1, 0.15) is 12.4 Å². The second kappa shape index (κ2) is 11.4. The van der Waals surface area contributed by atoms with Gasteiger partial charge in [0, 0.05) is 52.9 Å². The van der Waals surface area contributed by atoms with Crippen LogP contribution in [0.1, 0.15) is 62.0 Å². The van der Waals surface area contributed by atoms with Crippen LogP contribution in [0.5, 0.6) is 5.75 Å². The first kappa shape index (κ1) is 27.2. The van der Waals surface area contributed by atoms with E-state index in [4.69, 9.17) is 16.3 Å². The summed E-state index contributed by atoms with van der Waals surface area (Å²) in [6.45, 7) is 0.600. The number of ketones is 2. The Morgan fingerprint density at radius 2 is 1.50 bits per heavy atom. The number of carbonyl (C=O) groups excluding carboxylic acids is 2. The van der Waals surface area contributed by atoms with Crippen molar-refractivity contribution in [2.24, 2.45) is 0 Å². The summed E-state index contributed by atoms with van der Waals surface area (Å²) in [5.41, 5.74) is 4.79. The summed E-state index contributed by atoms with van der Waals surface area (Å²) in [7, 11) is 0. The number of rotatable bonds is 7. The first-order chi connectivity index (χ1) is 18.2. The molecule has 2 aliphatic carbocycles. The van der Waals surface area contributed by atoms with Gasteiger partial charge in [-0.3, -0.25) is 14.4 Å². The van der Waals surface area contributed by atoms with E-state index in [1.165, 1.54) is 0 Å². The van der Waals surface area contributed by atoms with Crippen LogP contribution in [0.25, 0.3) is 0 Å². The highest BCUT2D eigenvalue weighted by Gasteiger charge is 2.43. The van der Waals surface area contributed by atoms with Crippen LogP contribution in [0.2, 0.25) is 5.02 Å². The Morgan fingerprint density at radius 1 is 0.947 bits per heavy atom. The van der Waals surface area contributed by atoms with E-state index < -0.39 is 11.9 Å². The molecule has 0 atom stereocenters. The summed E-state index contributed by atoms with van der Waals surface area (Å²) in [6, 6.07) is 11.3. The number of carboxylic acid groups (broad SMARTS) is 1. The fraction of sp³-hybridized carbons (Fsp3) is 0.345. The molecule has 0 saturated heterocycles. The zero-order valence-electron chi connectivity index (χ0n) is 20.6. The molecule has 2 aromatic rings. The Morgan fingerprint density at radius 3 is 2.03 bits per heavy atom. The van der Waals surface area contributed by atoms with E-state index in [1.807, 2.05) is 41.3 Å².